The Morgan fingerprint density at radius 3 is 2.50 bits per heavy atom. The topological polar surface area (TPSA) is 104 Å². The van der Waals surface area contributed by atoms with Crippen LogP contribution in [0, 0.1) is 11.3 Å². The molecule has 1 saturated heterocycles. The van der Waals surface area contributed by atoms with Crippen LogP contribution in [0.2, 0.25) is 0 Å². The standard InChI is InChI=1S/C27H28N8O/c1-18(2)26(36)32-27(3)7-9-34(10-8-27)24-6-5-19(13-29-24)23-11-20(22-15-30-33(4)16-22)17-35-25(23)21(12-28)14-31-35/h5-6,11,13-17H,1,7-10H2,2-4H3,(H,32,36). The monoisotopic (exact) mass is 480 g/mol. The number of carbonyl (C=O) groups is 1. The molecule has 9 heteroatoms. The second-order valence-electron chi connectivity index (χ2n) is 9.70. The predicted molar refractivity (Wildman–Crippen MR) is 138 cm³/mol. The molecule has 9 nitrogen and oxygen atoms in total. The van der Waals surface area contributed by atoms with Gasteiger partial charge in [-0.05, 0) is 44.9 Å². The van der Waals surface area contributed by atoms with E-state index in [1.807, 2.05) is 44.0 Å². The Balaban J connectivity index is 1.42. The summed E-state index contributed by atoms with van der Waals surface area (Å²) >= 11 is 0. The van der Waals surface area contributed by atoms with Crippen LogP contribution in [-0.2, 0) is 11.8 Å². The summed E-state index contributed by atoms with van der Waals surface area (Å²) in [6.45, 7) is 9.13. The van der Waals surface area contributed by atoms with Crippen molar-refractivity contribution in [3.05, 3.63) is 66.9 Å². The Kier molecular flexibility index (Phi) is 5.80. The van der Waals surface area contributed by atoms with E-state index in [0.717, 1.165) is 59.5 Å². The first-order chi connectivity index (χ1) is 17.3. The van der Waals surface area contributed by atoms with E-state index in [-0.39, 0.29) is 11.4 Å². The maximum Gasteiger partial charge on any atom is 0.246 e. The number of anilines is 1. The summed E-state index contributed by atoms with van der Waals surface area (Å²) in [7, 11) is 1.88. The minimum Gasteiger partial charge on any atom is -0.356 e. The minimum atomic E-state index is -0.249. The molecule has 36 heavy (non-hydrogen) atoms. The summed E-state index contributed by atoms with van der Waals surface area (Å²) in [5.74, 6) is 0.797. The highest BCUT2D eigenvalue weighted by atomic mass is 16.1. The van der Waals surface area contributed by atoms with Crippen molar-refractivity contribution in [3.8, 4) is 28.3 Å². The normalized spacial score (nSPS) is 15.0. The molecule has 1 fully saturated rings. The summed E-state index contributed by atoms with van der Waals surface area (Å²) in [6, 6.07) is 8.36. The Bertz CT molecular complexity index is 1500. The van der Waals surface area contributed by atoms with Gasteiger partial charge >= 0.3 is 0 Å². The predicted octanol–water partition coefficient (Wildman–Crippen LogP) is 3.72. The van der Waals surface area contributed by atoms with E-state index in [1.54, 1.807) is 22.3 Å². The van der Waals surface area contributed by atoms with Crippen LogP contribution in [0.1, 0.15) is 32.3 Å². The zero-order valence-electron chi connectivity index (χ0n) is 20.7. The fourth-order valence-electron chi connectivity index (χ4n) is 4.62. The molecule has 0 atom stereocenters. The number of fused-ring (bicyclic) bond motifs is 1. The molecular weight excluding hydrogens is 452 g/mol. The van der Waals surface area contributed by atoms with Crippen molar-refractivity contribution in [1.82, 2.24) is 29.7 Å². The molecule has 0 bridgehead atoms. The quantitative estimate of drug-likeness (QED) is 0.437. The van der Waals surface area contributed by atoms with Gasteiger partial charge in [0.1, 0.15) is 11.9 Å². The van der Waals surface area contributed by atoms with Crippen LogP contribution < -0.4 is 10.2 Å². The van der Waals surface area contributed by atoms with Gasteiger partial charge in [0.25, 0.3) is 0 Å². The molecule has 5 rings (SSSR count). The third-order valence-electron chi connectivity index (χ3n) is 6.82. The lowest BCUT2D eigenvalue weighted by atomic mass is 9.89. The summed E-state index contributed by atoms with van der Waals surface area (Å²) in [4.78, 5) is 19.1. The van der Waals surface area contributed by atoms with E-state index in [2.05, 4.69) is 46.1 Å². The van der Waals surface area contributed by atoms with Gasteiger partial charge in [0.05, 0.1) is 23.5 Å². The van der Waals surface area contributed by atoms with Gasteiger partial charge in [0, 0.05) is 72.1 Å². The average Bonchev–Trinajstić information content (AvgIpc) is 3.50. The maximum atomic E-state index is 12.1. The van der Waals surface area contributed by atoms with Crippen LogP contribution >= 0.6 is 0 Å². The lowest BCUT2D eigenvalue weighted by molar-refractivity contribution is -0.119. The fraction of sp³-hybridized carbons (Fsp3) is 0.296. The smallest absolute Gasteiger partial charge is 0.246 e. The molecule has 0 aromatic carbocycles. The number of pyridine rings is 2. The number of hydrogen-bond acceptors (Lipinski definition) is 6. The van der Waals surface area contributed by atoms with Crippen molar-refractivity contribution in [2.75, 3.05) is 18.0 Å². The molecule has 1 aliphatic heterocycles. The Morgan fingerprint density at radius 1 is 1.11 bits per heavy atom. The molecule has 1 N–H and O–H groups in total. The first-order valence-corrected chi connectivity index (χ1v) is 11.9. The van der Waals surface area contributed by atoms with Crippen molar-refractivity contribution in [3.63, 3.8) is 0 Å². The SMILES string of the molecule is C=C(C)C(=O)NC1(C)CCN(c2ccc(-c3cc(-c4cnn(C)c4)cn4ncc(C#N)c34)cn2)CC1. The number of rotatable bonds is 5. The van der Waals surface area contributed by atoms with Gasteiger partial charge in [-0.15, -0.1) is 0 Å². The first kappa shape index (κ1) is 23.3. The van der Waals surface area contributed by atoms with Crippen molar-refractivity contribution in [2.24, 2.45) is 7.05 Å². The van der Waals surface area contributed by atoms with Gasteiger partial charge in [-0.2, -0.15) is 15.5 Å². The number of nitrogens with zero attached hydrogens (tertiary/aromatic N) is 7. The Morgan fingerprint density at radius 2 is 1.89 bits per heavy atom. The number of carbonyl (C=O) groups excluding carboxylic acids is 1. The van der Waals surface area contributed by atoms with E-state index in [0.29, 0.717) is 11.1 Å². The largest absolute Gasteiger partial charge is 0.356 e. The van der Waals surface area contributed by atoms with E-state index in [1.165, 1.54) is 0 Å². The number of amides is 1. The molecule has 4 aromatic rings. The molecular formula is C27H28N8O. The van der Waals surface area contributed by atoms with Crippen molar-refractivity contribution in [1.29, 1.82) is 5.26 Å². The van der Waals surface area contributed by atoms with Crippen molar-refractivity contribution >= 4 is 17.2 Å². The highest BCUT2D eigenvalue weighted by Gasteiger charge is 2.32. The highest BCUT2D eigenvalue weighted by molar-refractivity contribution is 5.92. The zero-order valence-corrected chi connectivity index (χ0v) is 20.7. The van der Waals surface area contributed by atoms with Gasteiger partial charge in [-0.1, -0.05) is 6.58 Å². The molecule has 0 unspecified atom stereocenters. The second kappa shape index (κ2) is 8.96. The van der Waals surface area contributed by atoms with Crippen molar-refractivity contribution < 1.29 is 4.79 Å². The number of aryl methyl sites for hydroxylation is 1. The summed E-state index contributed by atoms with van der Waals surface area (Å²) < 4.78 is 3.50. The molecule has 0 aliphatic carbocycles. The van der Waals surface area contributed by atoms with E-state index < -0.39 is 0 Å². The van der Waals surface area contributed by atoms with E-state index in [9.17, 15) is 10.1 Å². The van der Waals surface area contributed by atoms with Crippen LogP contribution in [0.4, 0.5) is 5.82 Å². The third-order valence-corrected chi connectivity index (χ3v) is 6.82. The molecule has 1 amide bonds. The van der Waals surface area contributed by atoms with Crippen LogP contribution in [0.25, 0.3) is 27.8 Å². The Labute approximate surface area is 209 Å². The van der Waals surface area contributed by atoms with Crippen LogP contribution in [0.3, 0.4) is 0 Å². The Hall–Kier alpha value is -4.45. The second-order valence-corrected chi connectivity index (χ2v) is 9.70. The molecule has 182 valence electrons. The maximum absolute atomic E-state index is 12.1. The lowest BCUT2D eigenvalue weighted by Crippen LogP contribution is -2.53. The van der Waals surface area contributed by atoms with Gasteiger partial charge < -0.3 is 10.2 Å². The zero-order chi connectivity index (χ0) is 25.4. The number of hydrogen-bond donors (Lipinski definition) is 1. The fourth-order valence-corrected chi connectivity index (χ4v) is 4.62. The molecule has 0 spiro atoms. The molecule has 0 saturated carbocycles. The van der Waals surface area contributed by atoms with Gasteiger partial charge in [-0.25, -0.2) is 9.50 Å². The number of nitrogens with one attached hydrogen (secondary N) is 1. The molecule has 0 radical (unpaired) electrons. The average molecular weight is 481 g/mol. The molecule has 1 aliphatic rings. The summed E-state index contributed by atoms with van der Waals surface area (Å²) in [5.41, 5.74) is 5.25. The van der Waals surface area contributed by atoms with Gasteiger partial charge in [0.2, 0.25) is 5.91 Å². The molecule has 5 heterocycles. The summed E-state index contributed by atoms with van der Waals surface area (Å²) in [6.07, 6.45) is 10.8. The lowest BCUT2D eigenvalue weighted by Gasteiger charge is -2.40. The number of piperidine rings is 1. The van der Waals surface area contributed by atoms with Crippen LogP contribution in [0.15, 0.2) is 61.3 Å². The third kappa shape index (κ3) is 4.33. The minimum absolute atomic E-state index is 0.0927. The number of nitriles is 1. The van der Waals surface area contributed by atoms with Gasteiger partial charge in [-0.3, -0.25) is 9.48 Å². The van der Waals surface area contributed by atoms with E-state index >= 15 is 0 Å². The van der Waals surface area contributed by atoms with Crippen molar-refractivity contribution in [2.45, 2.75) is 32.2 Å². The van der Waals surface area contributed by atoms with Crippen LogP contribution in [0.5, 0.6) is 0 Å². The number of aromatic nitrogens is 5. The first-order valence-electron chi connectivity index (χ1n) is 11.9. The van der Waals surface area contributed by atoms with E-state index in [4.69, 9.17) is 4.98 Å². The highest BCUT2D eigenvalue weighted by Crippen LogP contribution is 2.33. The van der Waals surface area contributed by atoms with Gasteiger partial charge in [0.15, 0.2) is 0 Å². The van der Waals surface area contributed by atoms with Crippen LogP contribution in [-0.4, -0.2) is 48.9 Å². The molecule has 4 aromatic heterocycles. The summed E-state index contributed by atoms with van der Waals surface area (Å²) in [5, 5.41) is 21.5.